The van der Waals surface area contributed by atoms with Crippen molar-refractivity contribution < 1.29 is 28.6 Å². The maximum atomic E-state index is 12.8. The number of rotatable bonds is 56. The summed E-state index contributed by atoms with van der Waals surface area (Å²) >= 11 is 0. The van der Waals surface area contributed by atoms with Gasteiger partial charge in [-0.1, -0.05) is 266 Å². The molecule has 0 N–H and O–H groups in total. The van der Waals surface area contributed by atoms with Crippen molar-refractivity contribution in [3.63, 3.8) is 0 Å². The van der Waals surface area contributed by atoms with E-state index < -0.39 is 6.10 Å². The third-order valence-electron chi connectivity index (χ3n) is 13.4. The molecule has 0 heterocycles. The Hall–Kier alpha value is -3.41. The van der Waals surface area contributed by atoms with Gasteiger partial charge in [0.1, 0.15) is 13.2 Å². The van der Waals surface area contributed by atoms with Crippen LogP contribution in [0.25, 0.3) is 0 Å². The van der Waals surface area contributed by atoms with E-state index in [2.05, 4.69) is 99.8 Å². The maximum absolute atomic E-state index is 12.8. The molecule has 1 atom stereocenters. The smallest absolute Gasteiger partial charge is 0.306 e. The zero-order valence-corrected chi connectivity index (χ0v) is 48.1. The first-order valence-corrected chi connectivity index (χ1v) is 31.1. The van der Waals surface area contributed by atoms with Gasteiger partial charge in [0.2, 0.25) is 0 Å². The second-order valence-electron chi connectivity index (χ2n) is 20.6. The number of esters is 3. The highest BCUT2D eigenvalue weighted by Crippen LogP contribution is 2.16. The highest BCUT2D eigenvalue weighted by atomic mass is 16.6. The van der Waals surface area contributed by atoms with E-state index in [1.54, 1.807) is 0 Å². The fraction of sp³-hybridized carbons (Fsp3) is 0.746. The summed E-state index contributed by atoms with van der Waals surface area (Å²) in [7, 11) is 0. The molecule has 0 radical (unpaired) electrons. The number of allylic oxidation sites excluding steroid dienone is 14. The molecule has 6 heteroatoms. The minimum absolute atomic E-state index is 0.106. The average Bonchev–Trinajstić information content (AvgIpc) is 3.39. The minimum Gasteiger partial charge on any atom is -0.462 e. The van der Waals surface area contributed by atoms with Crippen LogP contribution in [0.3, 0.4) is 0 Å². The SMILES string of the molecule is CC/C=C\C/C=C\C/C=C\C/C=C\CCC(=O)OC(COC(=O)CCCCCCC/C=C\CCCCCC)COC(=O)CCCCCCCCCCCCCCCCCCC/C=C\C/C=C\CCCCCCC. The lowest BCUT2D eigenvalue weighted by molar-refractivity contribution is -0.166. The first-order valence-electron chi connectivity index (χ1n) is 31.1. The van der Waals surface area contributed by atoms with Crippen LogP contribution in [0.2, 0.25) is 0 Å². The van der Waals surface area contributed by atoms with Gasteiger partial charge in [-0.2, -0.15) is 0 Å². The quantitative estimate of drug-likeness (QED) is 0.0261. The monoisotopic (exact) mass is 1020 g/mol. The maximum Gasteiger partial charge on any atom is 0.306 e. The van der Waals surface area contributed by atoms with Gasteiger partial charge in [0.05, 0.1) is 0 Å². The van der Waals surface area contributed by atoms with Crippen molar-refractivity contribution in [2.75, 3.05) is 13.2 Å². The Morgan fingerprint density at radius 1 is 0.288 bits per heavy atom. The summed E-state index contributed by atoms with van der Waals surface area (Å²) in [6.07, 6.45) is 80.5. The van der Waals surface area contributed by atoms with Crippen molar-refractivity contribution in [2.24, 2.45) is 0 Å². The number of carbonyl (C=O) groups is 3. The van der Waals surface area contributed by atoms with E-state index >= 15 is 0 Å². The number of hydrogen-bond donors (Lipinski definition) is 0. The molecule has 0 saturated carbocycles. The van der Waals surface area contributed by atoms with Crippen molar-refractivity contribution in [3.8, 4) is 0 Å². The molecule has 0 saturated heterocycles. The average molecular weight is 1020 g/mol. The highest BCUT2D eigenvalue weighted by molar-refractivity contribution is 5.71. The van der Waals surface area contributed by atoms with Crippen LogP contribution in [0.4, 0.5) is 0 Å². The van der Waals surface area contributed by atoms with E-state index in [-0.39, 0.29) is 37.5 Å². The number of ether oxygens (including phenoxy) is 3. The van der Waals surface area contributed by atoms with Gasteiger partial charge in [0.25, 0.3) is 0 Å². The zero-order chi connectivity index (χ0) is 52.9. The molecule has 0 aliphatic carbocycles. The second-order valence-corrected chi connectivity index (χ2v) is 20.6. The van der Waals surface area contributed by atoms with Gasteiger partial charge < -0.3 is 14.2 Å². The predicted molar refractivity (Wildman–Crippen MR) is 316 cm³/mol. The summed E-state index contributed by atoms with van der Waals surface area (Å²) in [6, 6.07) is 0. The lowest BCUT2D eigenvalue weighted by atomic mass is 10.0. The Kier molecular flexibility index (Phi) is 58.3. The third-order valence-corrected chi connectivity index (χ3v) is 13.4. The summed E-state index contributed by atoms with van der Waals surface area (Å²) in [5.74, 6) is -0.990. The van der Waals surface area contributed by atoms with E-state index in [1.165, 1.54) is 173 Å². The van der Waals surface area contributed by atoms with Crippen LogP contribution in [0.5, 0.6) is 0 Å². The van der Waals surface area contributed by atoms with Gasteiger partial charge in [-0.15, -0.1) is 0 Å². The Bertz CT molecular complexity index is 1400. The predicted octanol–water partition coefficient (Wildman–Crippen LogP) is 21.1. The Balaban J connectivity index is 4.21. The molecule has 0 aliphatic heterocycles. The molecule has 0 fully saturated rings. The summed E-state index contributed by atoms with van der Waals surface area (Å²) < 4.78 is 16.8. The standard InChI is InChI=1S/C67H116O6/c1-4-7-10-13-16-19-22-25-26-27-28-29-30-31-32-33-34-35-36-37-38-39-40-43-45-48-51-54-57-60-66(69)72-63-64(73-67(70)61-58-55-52-49-46-42-24-21-18-15-12-9-6-3)62-71-65(68)59-56-53-50-47-44-41-23-20-17-14-11-8-5-2/h9,12,18,20-23,25,27-28,42,46,52,55,64H,4-8,10-11,13-17,19,24,26,29-41,43-45,47-51,53-54,56-63H2,1-3H3/b12-9-,21-18-,23-20-,25-22-,28-27-,46-42-,55-52-. The van der Waals surface area contributed by atoms with Gasteiger partial charge in [-0.05, 0) is 103 Å². The van der Waals surface area contributed by atoms with Gasteiger partial charge in [-0.3, -0.25) is 14.4 Å². The molecule has 0 aromatic carbocycles. The molecule has 0 spiro atoms. The molecule has 0 bridgehead atoms. The summed E-state index contributed by atoms with van der Waals surface area (Å²) in [4.78, 5) is 38.1. The molecule has 420 valence electrons. The van der Waals surface area contributed by atoms with E-state index in [9.17, 15) is 14.4 Å². The first-order chi connectivity index (χ1) is 36.0. The summed E-state index contributed by atoms with van der Waals surface area (Å²) in [5, 5.41) is 0. The Labute approximate surface area is 452 Å². The summed E-state index contributed by atoms with van der Waals surface area (Å²) in [6.45, 7) is 6.45. The number of hydrogen-bond acceptors (Lipinski definition) is 6. The molecule has 0 aromatic rings. The molecule has 0 aliphatic rings. The highest BCUT2D eigenvalue weighted by Gasteiger charge is 2.19. The third kappa shape index (κ3) is 59.3. The lowest BCUT2D eigenvalue weighted by Gasteiger charge is -2.18. The van der Waals surface area contributed by atoms with Crippen LogP contribution < -0.4 is 0 Å². The van der Waals surface area contributed by atoms with Gasteiger partial charge in [-0.25, -0.2) is 0 Å². The van der Waals surface area contributed by atoms with Crippen LogP contribution in [0.15, 0.2) is 85.1 Å². The largest absolute Gasteiger partial charge is 0.462 e. The Morgan fingerprint density at radius 2 is 0.562 bits per heavy atom. The van der Waals surface area contributed by atoms with Crippen LogP contribution in [-0.2, 0) is 28.6 Å². The van der Waals surface area contributed by atoms with Crippen LogP contribution in [0.1, 0.15) is 303 Å². The van der Waals surface area contributed by atoms with Crippen LogP contribution >= 0.6 is 0 Å². The van der Waals surface area contributed by atoms with Gasteiger partial charge >= 0.3 is 17.9 Å². The fourth-order valence-corrected chi connectivity index (χ4v) is 8.72. The molecule has 6 nitrogen and oxygen atoms in total. The summed E-state index contributed by atoms with van der Waals surface area (Å²) in [5.41, 5.74) is 0. The normalized spacial score (nSPS) is 12.6. The number of carbonyl (C=O) groups excluding carboxylic acids is 3. The number of unbranched alkanes of at least 4 members (excludes halogenated alkanes) is 31. The van der Waals surface area contributed by atoms with E-state index in [0.717, 1.165) is 83.5 Å². The van der Waals surface area contributed by atoms with Crippen molar-refractivity contribution in [1.29, 1.82) is 0 Å². The van der Waals surface area contributed by atoms with E-state index in [1.807, 2.05) is 6.08 Å². The molecule has 0 rings (SSSR count). The molecular weight excluding hydrogens is 901 g/mol. The lowest BCUT2D eigenvalue weighted by Crippen LogP contribution is -2.30. The second kappa shape index (κ2) is 61.1. The van der Waals surface area contributed by atoms with E-state index in [0.29, 0.717) is 19.3 Å². The van der Waals surface area contributed by atoms with Crippen molar-refractivity contribution >= 4 is 17.9 Å². The van der Waals surface area contributed by atoms with Gasteiger partial charge in [0.15, 0.2) is 6.10 Å². The van der Waals surface area contributed by atoms with Crippen molar-refractivity contribution in [2.45, 2.75) is 309 Å². The van der Waals surface area contributed by atoms with Crippen molar-refractivity contribution in [3.05, 3.63) is 85.1 Å². The van der Waals surface area contributed by atoms with E-state index in [4.69, 9.17) is 14.2 Å². The first kappa shape index (κ1) is 69.6. The molecule has 1 unspecified atom stereocenters. The molecule has 73 heavy (non-hydrogen) atoms. The van der Waals surface area contributed by atoms with Crippen LogP contribution in [-0.4, -0.2) is 37.2 Å². The van der Waals surface area contributed by atoms with Crippen molar-refractivity contribution in [1.82, 2.24) is 0 Å². The fourth-order valence-electron chi connectivity index (χ4n) is 8.72. The molecule has 0 amide bonds. The van der Waals surface area contributed by atoms with Gasteiger partial charge in [0, 0.05) is 19.3 Å². The molecular formula is C67H116O6. The Morgan fingerprint density at radius 3 is 0.918 bits per heavy atom. The molecule has 0 aromatic heterocycles. The minimum atomic E-state index is -0.817. The van der Waals surface area contributed by atoms with Crippen LogP contribution in [0, 0.1) is 0 Å². The topological polar surface area (TPSA) is 78.9 Å². The zero-order valence-electron chi connectivity index (χ0n) is 48.1.